The van der Waals surface area contributed by atoms with Crippen molar-refractivity contribution in [1.29, 1.82) is 0 Å². The number of benzene rings is 1. The Kier molecular flexibility index (Phi) is 8.09. The third-order valence-corrected chi connectivity index (χ3v) is 8.53. The molecule has 5 rings (SSSR count). The highest BCUT2D eigenvalue weighted by Gasteiger charge is 2.32. The van der Waals surface area contributed by atoms with E-state index in [0.717, 1.165) is 59.8 Å². The van der Waals surface area contributed by atoms with Gasteiger partial charge in [0.1, 0.15) is 18.0 Å². The number of hydrogen-bond acceptors (Lipinski definition) is 10. The normalized spacial score (nSPS) is 19.9. The topological polar surface area (TPSA) is 126 Å². The zero-order chi connectivity index (χ0) is 29.5. The summed E-state index contributed by atoms with van der Waals surface area (Å²) in [6.45, 7) is 15.3. The van der Waals surface area contributed by atoms with Crippen LogP contribution < -0.4 is 26.0 Å². The molecule has 0 aliphatic carbocycles. The maximum absolute atomic E-state index is 12.7. The van der Waals surface area contributed by atoms with Crippen LogP contribution in [0.1, 0.15) is 56.0 Å². The van der Waals surface area contributed by atoms with Crippen LogP contribution in [0.2, 0.25) is 0 Å². The second kappa shape index (κ2) is 11.4. The van der Waals surface area contributed by atoms with Crippen molar-refractivity contribution in [2.45, 2.75) is 72.1 Å². The third-order valence-electron chi connectivity index (χ3n) is 8.53. The lowest BCUT2D eigenvalue weighted by molar-refractivity contribution is 0.0240. The number of anilines is 4. The van der Waals surface area contributed by atoms with Gasteiger partial charge in [0.25, 0.3) is 0 Å². The first-order chi connectivity index (χ1) is 19.4. The number of likely N-dealkylation sites (tertiary alicyclic amines) is 1. The Labute approximate surface area is 243 Å². The Balaban J connectivity index is 1.41. The molecule has 4 heterocycles. The molecular formula is C30H46N8O3. The highest BCUT2D eigenvalue weighted by molar-refractivity contribution is 5.84. The quantitative estimate of drug-likeness (QED) is 0.520. The van der Waals surface area contributed by atoms with Crippen LogP contribution in [0.15, 0.2) is 6.07 Å². The molecule has 1 aromatic heterocycles. The van der Waals surface area contributed by atoms with Gasteiger partial charge in [-0.05, 0) is 84.7 Å². The highest BCUT2D eigenvalue weighted by atomic mass is 16.6. The summed E-state index contributed by atoms with van der Waals surface area (Å²) in [6, 6.07) is 2.71. The summed E-state index contributed by atoms with van der Waals surface area (Å²) in [5.41, 5.74) is 18.8. The smallest absolute Gasteiger partial charge is 0.410 e. The van der Waals surface area contributed by atoms with E-state index in [0.29, 0.717) is 62.8 Å². The minimum atomic E-state index is -0.519. The van der Waals surface area contributed by atoms with Crippen molar-refractivity contribution in [3.63, 3.8) is 0 Å². The van der Waals surface area contributed by atoms with E-state index in [2.05, 4.69) is 35.6 Å². The van der Waals surface area contributed by atoms with Crippen LogP contribution in [0.5, 0.6) is 6.01 Å². The number of aryl methyl sites for hydroxylation is 1. The molecule has 224 valence electrons. The van der Waals surface area contributed by atoms with Gasteiger partial charge in [-0.1, -0.05) is 0 Å². The van der Waals surface area contributed by atoms with E-state index < -0.39 is 5.60 Å². The predicted molar refractivity (Wildman–Crippen MR) is 163 cm³/mol. The number of aromatic nitrogens is 2. The predicted octanol–water partition coefficient (Wildman–Crippen LogP) is 3.35. The van der Waals surface area contributed by atoms with Gasteiger partial charge in [0.15, 0.2) is 0 Å². The van der Waals surface area contributed by atoms with E-state index >= 15 is 0 Å². The zero-order valence-corrected chi connectivity index (χ0v) is 25.5. The molecule has 0 saturated carbocycles. The van der Waals surface area contributed by atoms with Crippen LogP contribution >= 0.6 is 0 Å². The maximum atomic E-state index is 12.7. The molecule has 4 N–H and O–H groups in total. The number of amides is 1. The first-order valence-electron chi connectivity index (χ1n) is 14.8. The van der Waals surface area contributed by atoms with Gasteiger partial charge in [-0.25, -0.2) is 4.79 Å². The number of fused-ring (bicyclic) bond motifs is 1. The minimum Gasteiger partial charge on any atom is -0.462 e. The molecule has 2 aromatic rings. The van der Waals surface area contributed by atoms with E-state index in [1.807, 2.05) is 26.8 Å². The Morgan fingerprint density at radius 3 is 2.44 bits per heavy atom. The summed E-state index contributed by atoms with van der Waals surface area (Å²) in [7, 11) is 2.14. The van der Waals surface area contributed by atoms with Crippen molar-refractivity contribution in [1.82, 2.24) is 19.8 Å². The summed E-state index contributed by atoms with van der Waals surface area (Å²) in [4.78, 5) is 31.2. The van der Waals surface area contributed by atoms with Gasteiger partial charge in [-0.3, -0.25) is 0 Å². The van der Waals surface area contributed by atoms with Crippen LogP contribution in [0.3, 0.4) is 0 Å². The number of carbonyl (C=O) groups is 1. The molecule has 0 unspecified atom stereocenters. The van der Waals surface area contributed by atoms with Gasteiger partial charge < -0.3 is 40.5 Å². The van der Waals surface area contributed by atoms with Gasteiger partial charge in [0.05, 0.1) is 29.3 Å². The second-order valence-electron chi connectivity index (χ2n) is 12.6. The Bertz CT molecular complexity index is 1260. The Morgan fingerprint density at radius 2 is 1.78 bits per heavy atom. The summed E-state index contributed by atoms with van der Waals surface area (Å²) in [6.07, 6.45) is 2.79. The second-order valence-corrected chi connectivity index (χ2v) is 12.6. The number of piperazine rings is 1. The van der Waals surface area contributed by atoms with E-state index in [9.17, 15) is 4.79 Å². The lowest BCUT2D eigenvalue weighted by Gasteiger charge is -2.39. The van der Waals surface area contributed by atoms with E-state index in [4.69, 9.17) is 30.9 Å². The summed E-state index contributed by atoms with van der Waals surface area (Å²) in [5.74, 6) is 0.904. The Hall–Kier alpha value is -3.47. The van der Waals surface area contributed by atoms with Crippen molar-refractivity contribution in [3.8, 4) is 6.01 Å². The van der Waals surface area contributed by atoms with Crippen LogP contribution in [0.25, 0.3) is 0 Å². The summed E-state index contributed by atoms with van der Waals surface area (Å²) < 4.78 is 11.9. The van der Waals surface area contributed by atoms with E-state index in [1.54, 1.807) is 4.90 Å². The summed E-state index contributed by atoms with van der Waals surface area (Å²) >= 11 is 0. The molecular weight excluding hydrogens is 520 g/mol. The van der Waals surface area contributed by atoms with Crippen molar-refractivity contribution in [2.75, 3.05) is 74.2 Å². The fourth-order valence-electron chi connectivity index (χ4n) is 6.05. The first kappa shape index (κ1) is 29.0. The van der Waals surface area contributed by atoms with Crippen molar-refractivity contribution in [3.05, 3.63) is 28.5 Å². The third kappa shape index (κ3) is 6.24. The molecule has 3 aliphatic rings. The SMILES string of the molecule is Cc1cc(N)c(N)c(N2CCc3c(nc(OC[C@@H]4CCCN4C)nc3N3CCN(C(=O)OC(C)(C)C)CC3)C2)c1C. The Morgan fingerprint density at radius 1 is 1.05 bits per heavy atom. The van der Waals surface area contributed by atoms with Gasteiger partial charge >= 0.3 is 12.1 Å². The monoisotopic (exact) mass is 566 g/mol. The highest BCUT2D eigenvalue weighted by Crippen LogP contribution is 2.38. The number of ether oxygens (including phenoxy) is 2. The van der Waals surface area contributed by atoms with Crippen LogP contribution in [0.4, 0.5) is 27.7 Å². The number of nitrogens with zero attached hydrogens (tertiary/aromatic N) is 6. The largest absolute Gasteiger partial charge is 0.462 e. The fourth-order valence-corrected chi connectivity index (χ4v) is 6.05. The van der Waals surface area contributed by atoms with Gasteiger partial charge in [0, 0.05) is 44.3 Å². The molecule has 11 nitrogen and oxygen atoms in total. The molecule has 0 radical (unpaired) electrons. The number of likely N-dealkylation sites (N-methyl/N-ethyl adjacent to an activating group) is 1. The fraction of sp³-hybridized carbons (Fsp3) is 0.633. The number of carbonyl (C=O) groups excluding carboxylic acids is 1. The van der Waals surface area contributed by atoms with Crippen molar-refractivity contribution in [2.24, 2.45) is 0 Å². The van der Waals surface area contributed by atoms with E-state index in [1.165, 1.54) is 6.42 Å². The summed E-state index contributed by atoms with van der Waals surface area (Å²) in [5, 5.41) is 0. The molecule has 0 bridgehead atoms. The van der Waals surface area contributed by atoms with Gasteiger partial charge in [-0.15, -0.1) is 0 Å². The molecule has 1 aromatic carbocycles. The first-order valence-corrected chi connectivity index (χ1v) is 14.8. The van der Waals surface area contributed by atoms with Crippen LogP contribution in [-0.4, -0.2) is 90.4 Å². The molecule has 2 fully saturated rings. The number of hydrogen-bond donors (Lipinski definition) is 2. The molecule has 41 heavy (non-hydrogen) atoms. The van der Waals surface area contributed by atoms with Gasteiger partial charge in [0.2, 0.25) is 0 Å². The average Bonchev–Trinajstić information content (AvgIpc) is 3.34. The van der Waals surface area contributed by atoms with Crippen molar-refractivity contribution >= 4 is 29.0 Å². The molecule has 0 spiro atoms. The standard InChI is InChI=1S/C30H46N8O3/c1-19-16-23(31)25(32)26(20(19)2)38-11-9-22-24(17-38)33-28(40-18-21-8-7-10-35(21)6)34-27(22)36-12-14-37(15-13-36)29(39)41-30(3,4)5/h16,21H,7-15,17-18,31-32H2,1-6H3/t21-/m0/s1. The molecule has 1 amide bonds. The van der Waals surface area contributed by atoms with E-state index in [-0.39, 0.29) is 6.09 Å². The zero-order valence-electron chi connectivity index (χ0n) is 25.5. The lowest BCUT2D eigenvalue weighted by Crippen LogP contribution is -2.50. The lowest BCUT2D eigenvalue weighted by atomic mass is 9.99. The molecule has 3 aliphatic heterocycles. The number of nitrogens with two attached hydrogens (primary N) is 2. The minimum absolute atomic E-state index is 0.271. The van der Waals surface area contributed by atoms with Gasteiger partial charge in [-0.2, -0.15) is 9.97 Å². The average molecular weight is 567 g/mol. The number of rotatable bonds is 5. The number of nitrogen functional groups attached to an aromatic ring is 2. The van der Waals surface area contributed by atoms with Crippen LogP contribution in [0, 0.1) is 13.8 Å². The molecule has 1 atom stereocenters. The van der Waals surface area contributed by atoms with Crippen molar-refractivity contribution < 1.29 is 14.3 Å². The van der Waals surface area contributed by atoms with Crippen LogP contribution in [-0.2, 0) is 17.7 Å². The maximum Gasteiger partial charge on any atom is 0.410 e. The molecule has 2 saturated heterocycles. The molecule has 11 heteroatoms.